The smallest absolute Gasteiger partial charge is 0.255 e. The molecule has 4 N–H and O–H groups in total. The van der Waals surface area contributed by atoms with Crippen molar-refractivity contribution < 1.29 is 9.53 Å². The Morgan fingerprint density at radius 1 is 1.11 bits per heavy atom. The summed E-state index contributed by atoms with van der Waals surface area (Å²) >= 11 is 0. The highest BCUT2D eigenvalue weighted by Gasteiger charge is 2.06. The quantitative estimate of drug-likeness (QED) is 0.580. The van der Waals surface area contributed by atoms with Crippen LogP contribution in [0.1, 0.15) is 10.4 Å². The van der Waals surface area contributed by atoms with Crippen LogP contribution in [0.3, 0.4) is 0 Å². The number of ether oxygens (including phenoxy) is 1. The zero-order valence-corrected chi connectivity index (χ0v) is 10.5. The second kappa shape index (κ2) is 5.88. The third-order valence-electron chi connectivity index (χ3n) is 2.64. The maximum absolute atomic E-state index is 12.0. The predicted molar refractivity (Wildman–Crippen MR) is 75.2 cm³/mol. The molecule has 0 aromatic heterocycles. The van der Waals surface area contributed by atoms with Crippen LogP contribution in [0.4, 0.5) is 11.4 Å². The summed E-state index contributed by atoms with van der Waals surface area (Å²) in [5.74, 6) is 5.78. The predicted octanol–water partition coefficient (Wildman–Crippen LogP) is 2.23. The SMILES string of the molecule is COc1cccc(NC(=O)c2ccc(NN)cc2)c1. The summed E-state index contributed by atoms with van der Waals surface area (Å²) in [5.41, 5.74) is 4.50. The Bertz CT molecular complexity index is 567. The van der Waals surface area contributed by atoms with Crippen LogP contribution in [0, 0.1) is 0 Å². The van der Waals surface area contributed by atoms with Gasteiger partial charge in [0.05, 0.1) is 7.11 Å². The summed E-state index contributed by atoms with van der Waals surface area (Å²) < 4.78 is 5.10. The van der Waals surface area contributed by atoms with E-state index in [0.717, 1.165) is 5.69 Å². The number of amides is 1. The highest BCUT2D eigenvalue weighted by atomic mass is 16.5. The van der Waals surface area contributed by atoms with Gasteiger partial charge >= 0.3 is 0 Å². The van der Waals surface area contributed by atoms with Crippen molar-refractivity contribution in [1.29, 1.82) is 0 Å². The van der Waals surface area contributed by atoms with Crippen molar-refractivity contribution in [2.24, 2.45) is 5.84 Å². The highest BCUT2D eigenvalue weighted by Crippen LogP contribution is 2.18. The van der Waals surface area contributed by atoms with Gasteiger partial charge in [0.2, 0.25) is 0 Å². The average molecular weight is 257 g/mol. The molecule has 0 spiro atoms. The van der Waals surface area contributed by atoms with E-state index in [0.29, 0.717) is 17.0 Å². The standard InChI is InChI=1S/C14H15N3O2/c1-19-13-4-2-3-12(9-13)16-14(18)10-5-7-11(17-15)8-6-10/h2-9,17H,15H2,1H3,(H,16,18). The lowest BCUT2D eigenvalue weighted by atomic mass is 10.2. The molecule has 19 heavy (non-hydrogen) atoms. The summed E-state index contributed by atoms with van der Waals surface area (Å²) in [6.07, 6.45) is 0. The number of methoxy groups -OCH3 is 1. The van der Waals surface area contributed by atoms with E-state index in [1.807, 2.05) is 12.1 Å². The first-order valence-corrected chi connectivity index (χ1v) is 5.75. The van der Waals surface area contributed by atoms with Crippen LogP contribution < -0.4 is 21.3 Å². The van der Waals surface area contributed by atoms with Gasteiger partial charge < -0.3 is 15.5 Å². The molecule has 2 aromatic rings. The van der Waals surface area contributed by atoms with E-state index in [4.69, 9.17) is 10.6 Å². The molecule has 0 saturated heterocycles. The third kappa shape index (κ3) is 3.23. The number of carbonyl (C=O) groups excluding carboxylic acids is 1. The molecular weight excluding hydrogens is 242 g/mol. The van der Waals surface area contributed by atoms with Crippen molar-refractivity contribution >= 4 is 17.3 Å². The first-order valence-electron chi connectivity index (χ1n) is 5.75. The first-order chi connectivity index (χ1) is 9.22. The van der Waals surface area contributed by atoms with Crippen LogP contribution >= 0.6 is 0 Å². The fourth-order valence-corrected chi connectivity index (χ4v) is 1.62. The molecule has 0 atom stereocenters. The molecule has 98 valence electrons. The number of rotatable bonds is 4. The van der Waals surface area contributed by atoms with Gasteiger partial charge in [-0.05, 0) is 36.4 Å². The molecule has 0 fully saturated rings. The Balaban J connectivity index is 2.11. The van der Waals surface area contributed by atoms with Crippen LogP contribution in [0.25, 0.3) is 0 Å². The molecule has 0 radical (unpaired) electrons. The summed E-state index contributed by atoms with van der Waals surface area (Å²) in [7, 11) is 1.58. The Morgan fingerprint density at radius 3 is 2.47 bits per heavy atom. The molecule has 1 amide bonds. The number of carbonyl (C=O) groups is 1. The van der Waals surface area contributed by atoms with E-state index in [-0.39, 0.29) is 5.91 Å². The number of hydrazine groups is 1. The largest absolute Gasteiger partial charge is 0.497 e. The van der Waals surface area contributed by atoms with Crippen molar-refractivity contribution in [2.75, 3.05) is 17.9 Å². The highest BCUT2D eigenvalue weighted by molar-refractivity contribution is 6.04. The lowest BCUT2D eigenvalue weighted by Crippen LogP contribution is -2.12. The van der Waals surface area contributed by atoms with Crippen molar-refractivity contribution in [3.8, 4) is 5.75 Å². The van der Waals surface area contributed by atoms with Gasteiger partial charge in [-0.2, -0.15) is 0 Å². The van der Waals surface area contributed by atoms with Crippen molar-refractivity contribution in [2.45, 2.75) is 0 Å². The van der Waals surface area contributed by atoms with Crippen molar-refractivity contribution in [1.82, 2.24) is 0 Å². The Kier molecular flexibility index (Phi) is 4.00. The molecule has 0 aliphatic rings. The average Bonchev–Trinajstić information content (AvgIpc) is 2.47. The third-order valence-corrected chi connectivity index (χ3v) is 2.64. The minimum absolute atomic E-state index is 0.183. The molecule has 0 aliphatic carbocycles. The lowest BCUT2D eigenvalue weighted by molar-refractivity contribution is 0.102. The number of nitrogens with one attached hydrogen (secondary N) is 2. The molecule has 0 aliphatic heterocycles. The number of nitrogens with two attached hydrogens (primary N) is 1. The van der Waals surface area contributed by atoms with Gasteiger partial charge in [-0.1, -0.05) is 6.07 Å². The Morgan fingerprint density at radius 2 is 1.84 bits per heavy atom. The van der Waals surface area contributed by atoms with Gasteiger partial charge in [0.15, 0.2) is 0 Å². The zero-order chi connectivity index (χ0) is 13.7. The second-order valence-electron chi connectivity index (χ2n) is 3.91. The van der Waals surface area contributed by atoms with Gasteiger partial charge in [0.1, 0.15) is 5.75 Å². The number of nitrogen functional groups attached to an aromatic ring is 1. The molecule has 2 rings (SSSR count). The van der Waals surface area contributed by atoms with Crippen LogP contribution in [0.5, 0.6) is 5.75 Å². The normalized spacial score (nSPS) is 9.79. The van der Waals surface area contributed by atoms with E-state index in [1.165, 1.54) is 0 Å². The van der Waals surface area contributed by atoms with Crippen LogP contribution in [0.15, 0.2) is 48.5 Å². The fraction of sp³-hybridized carbons (Fsp3) is 0.0714. The molecule has 0 saturated carbocycles. The van der Waals surface area contributed by atoms with Crippen molar-refractivity contribution in [3.05, 3.63) is 54.1 Å². The Hall–Kier alpha value is -2.53. The van der Waals surface area contributed by atoms with Gasteiger partial charge in [0.25, 0.3) is 5.91 Å². The monoisotopic (exact) mass is 257 g/mol. The molecule has 5 nitrogen and oxygen atoms in total. The minimum Gasteiger partial charge on any atom is -0.497 e. The van der Waals surface area contributed by atoms with Crippen LogP contribution in [-0.2, 0) is 0 Å². The second-order valence-corrected chi connectivity index (χ2v) is 3.91. The summed E-state index contributed by atoms with van der Waals surface area (Å²) in [4.78, 5) is 12.0. The van der Waals surface area contributed by atoms with Gasteiger partial charge in [-0.25, -0.2) is 0 Å². The maximum Gasteiger partial charge on any atom is 0.255 e. The van der Waals surface area contributed by atoms with Gasteiger partial charge in [-0.15, -0.1) is 0 Å². The number of benzene rings is 2. The molecule has 5 heteroatoms. The summed E-state index contributed by atoms with van der Waals surface area (Å²) in [6.45, 7) is 0. The maximum atomic E-state index is 12.0. The number of anilines is 2. The lowest BCUT2D eigenvalue weighted by Gasteiger charge is -2.07. The Labute approximate surface area is 111 Å². The molecule has 0 heterocycles. The minimum atomic E-state index is -0.183. The van der Waals surface area contributed by atoms with E-state index in [1.54, 1.807) is 43.5 Å². The molecule has 0 unspecified atom stereocenters. The van der Waals surface area contributed by atoms with Crippen LogP contribution in [-0.4, -0.2) is 13.0 Å². The first kappa shape index (κ1) is 12.9. The summed E-state index contributed by atoms with van der Waals surface area (Å²) in [6, 6.07) is 14.1. The van der Waals surface area contributed by atoms with Crippen molar-refractivity contribution in [3.63, 3.8) is 0 Å². The van der Waals surface area contributed by atoms with E-state index in [2.05, 4.69) is 10.7 Å². The van der Waals surface area contributed by atoms with E-state index >= 15 is 0 Å². The number of hydrogen-bond acceptors (Lipinski definition) is 4. The number of hydrogen-bond donors (Lipinski definition) is 3. The van der Waals surface area contributed by atoms with E-state index < -0.39 is 0 Å². The topological polar surface area (TPSA) is 76.4 Å². The fourth-order valence-electron chi connectivity index (χ4n) is 1.62. The van der Waals surface area contributed by atoms with Gasteiger partial charge in [0, 0.05) is 23.0 Å². The molecule has 0 bridgehead atoms. The zero-order valence-electron chi connectivity index (χ0n) is 10.5. The molecular formula is C14H15N3O2. The van der Waals surface area contributed by atoms with E-state index in [9.17, 15) is 4.79 Å². The summed E-state index contributed by atoms with van der Waals surface area (Å²) in [5, 5.41) is 2.80. The van der Waals surface area contributed by atoms with Gasteiger partial charge in [-0.3, -0.25) is 10.6 Å². The van der Waals surface area contributed by atoms with Crippen LogP contribution in [0.2, 0.25) is 0 Å². The molecule has 2 aromatic carbocycles.